The Labute approximate surface area is 214 Å². The monoisotopic (exact) mass is 475 g/mol. The van der Waals surface area contributed by atoms with E-state index < -0.39 is 12.8 Å². The molecule has 0 saturated heterocycles. The van der Waals surface area contributed by atoms with Crippen LogP contribution in [0.15, 0.2) is 0 Å². The summed E-state index contributed by atoms with van der Waals surface area (Å²) in [7, 11) is 0. The molecule has 1 aliphatic heterocycles. The summed E-state index contributed by atoms with van der Waals surface area (Å²) < 4.78 is 36.4. The zero-order chi connectivity index (χ0) is 28.0. The number of carbonyl (C=O) groups is 1. The standard InChI is InChI=1S/C31H52O3/c1-21(2)13-10-14-22(3)15-11-16-23(4)17-12-19-31(9)20-18-28-26(7)29(33-27(8)32)24(5)25(6)30(28)34-31/h21-23H,10-20H2,1-9H3/t22?,23?,31-/m1/s1/i7D3. The SMILES string of the molecule is [2H]C([2H])([2H])c1c2c(c(C)c(C)c1OC(C)=O)O[C@](C)(CCCC(C)CCCC(C)CCCC(C)C)CC2. The predicted octanol–water partition coefficient (Wildman–Crippen LogP) is 9.06. The van der Waals surface area contributed by atoms with Crippen molar-refractivity contribution in [1.82, 2.24) is 0 Å². The van der Waals surface area contributed by atoms with Gasteiger partial charge < -0.3 is 9.47 Å². The first kappa shape index (κ1) is 24.2. The van der Waals surface area contributed by atoms with E-state index in [9.17, 15) is 4.79 Å². The summed E-state index contributed by atoms with van der Waals surface area (Å²) in [5.41, 5.74) is 2.02. The van der Waals surface area contributed by atoms with Crippen LogP contribution in [0, 0.1) is 38.5 Å². The number of hydrogen-bond acceptors (Lipinski definition) is 3. The quantitative estimate of drug-likeness (QED) is 0.211. The Morgan fingerprint density at radius 3 is 2.12 bits per heavy atom. The zero-order valence-corrected chi connectivity index (χ0v) is 23.2. The third-order valence-electron chi connectivity index (χ3n) is 7.82. The maximum atomic E-state index is 11.7. The molecule has 0 amide bonds. The van der Waals surface area contributed by atoms with E-state index in [0.717, 1.165) is 36.7 Å². The average Bonchev–Trinajstić information content (AvgIpc) is 2.76. The van der Waals surface area contributed by atoms with E-state index >= 15 is 0 Å². The molecule has 0 bridgehead atoms. The van der Waals surface area contributed by atoms with E-state index in [1.54, 1.807) is 0 Å². The minimum atomic E-state index is -2.38. The molecular weight excluding hydrogens is 420 g/mol. The Kier molecular flexibility index (Phi) is 9.24. The molecule has 1 aromatic carbocycles. The van der Waals surface area contributed by atoms with Gasteiger partial charge >= 0.3 is 5.97 Å². The minimum Gasteiger partial charge on any atom is -0.487 e. The molecule has 194 valence electrons. The van der Waals surface area contributed by atoms with Crippen molar-refractivity contribution in [2.45, 2.75) is 138 Å². The molecule has 34 heavy (non-hydrogen) atoms. The van der Waals surface area contributed by atoms with Crippen molar-refractivity contribution in [2.75, 3.05) is 0 Å². The van der Waals surface area contributed by atoms with Crippen LogP contribution in [0.4, 0.5) is 0 Å². The van der Waals surface area contributed by atoms with Gasteiger partial charge in [0.25, 0.3) is 0 Å². The van der Waals surface area contributed by atoms with Gasteiger partial charge in [-0.1, -0.05) is 72.6 Å². The molecule has 0 N–H and O–H groups in total. The second-order valence-corrected chi connectivity index (χ2v) is 11.8. The third-order valence-corrected chi connectivity index (χ3v) is 7.82. The number of hydrogen-bond donors (Lipinski definition) is 0. The lowest BCUT2D eigenvalue weighted by Crippen LogP contribution is -2.37. The van der Waals surface area contributed by atoms with Crippen LogP contribution in [0.3, 0.4) is 0 Å². The zero-order valence-electron chi connectivity index (χ0n) is 26.2. The Balaban J connectivity index is 1.96. The van der Waals surface area contributed by atoms with Gasteiger partial charge in [0.2, 0.25) is 0 Å². The molecule has 3 atom stereocenters. The molecule has 1 heterocycles. The molecule has 0 fully saturated rings. The highest BCUT2D eigenvalue weighted by atomic mass is 16.5. The summed E-state index contributed by atoms with van der Waals surface area (Å²) >= 11 is 0. The molecule has 3 nitrogen and oxygen atoms in total. The van der Waals surface area contributed by atoms with E-state index in [1.165, 1.54) is 51.9 Å². The second kappa shape index (κ2) is 13.0. The van der Waals surface area contributed by atoms with Crippen LogP contribution in [0.5, 0.6) is 11.5 Å². The molecule has 2 rings (SSSR count). The van der Waals surface area contributed by atoms with Crippen molar-refractivity contribution in [2.24, 2.45) is 17.8 Å². The van der Waals surface area contributed by atoms with Crippen molar-refractivity contribution >= 4 is 5.97 Å². The Hall–Kier alpha value is -1.51. The molecule has 0 aromatic heterocycles. The van der Waals surface area contributed by atoms with E-state index in [4.69, 9.17) is 13.6 Å². The molecule has 1 aliphatic rings. The van der Waals surface area contributed by atoms with Gasteiger partial charge in [-0.3, -0.25) is 4.79 Å². The number of carbonyl (C=O) groups excluding carboxylic acids is 1. The molecule has 1 aromatic rings. The van der Waals surface area contributed by atoms with Gasteiger partial charge in [0, 0.05) is 16.6 Å². The van der Waals surface area contributed by atoms with Crippen molar-refractivity contribution in [3.63, 3.8) is 0 Å². The summed E-state index contributed by atoms with van der Waals surface area (Å²) in [4.78, 5) is 11.7. The molecule has 3 heteroatoms. The van der Waals surface area contributed by atoms with E-state index in [-0.39, 0.29) is 16.9 Å². The van der Waals surface area contributed by atoms with Gasteiger partial charge in [0.1, 0.15) is 17.1 Å². The third kappa shape index (κ3) is 8.31. The highest BCUT2D eigenvalue weighted by molar-refractivity contribution is 5.72. The lowest BCUT2D eigenvalue weighted by atomic mass is 9.83. The van der Waals surface area contributed by atoms with Gasteiger partial charge in [-0.2, -0.15) is 0 Å². The maximum absolute atomic E-state index is 11.7. The minimum absolute atomic E-state index is 0.134. The Morgan fingerprint density at radius 2 is 1.56 bits per heavy atom. The Morgan fingerprint density at radius 1 is 0.971 bits per heavy atom. The average molecular weight is 476 g/mol. The van der Waals surface area contributed by atoms with Crippen LogP contribution in [0.1, 0.15) is 132 Å². The van der Waals surface area contributed by atoms with Crippen molar-refractivity contribution in [3.05, 3.63) is 22.3 Å². The van der Waals surface area contributed by atoms with Gasteiger partial charge in [0.05, 0.1) is 0 Å². The van der Waals surface area contributed by atoms with Crippen molar-refractivity contribution in [1.29, 1.82) is 0 Å². The number of ether oxygens (including phenoxy) is 2. The van der Waals surface area contributed by atoms with Crippen LogP contribution in [0.2, 0.25) is 0 Å². The van der Waals surface area contributed by atoms with Crippen LogP contribution in [-0.4, -0.2) is 11.6 Å². The number of benzene rings is 1. The fourth-order valence-corrected chi connectivity index (χ4v) is 5.32. The summed E-state index contributed by atoms with van der Waals surface area (Å²) in [6, 6.07) is 0. The predicted molar refractivity (Wildman–Crippen MR) is 144 cm³/mol. The van der Waals surface area contributed by atoms with E-state index in [1.807, 2.05) is 13.8 Å². The van der Waals surface area contributed by atoms with Crippen LogP contribution in [0.25, 0.3) is 0 Å². The first-order valence-corrected chi connectivity index (χ1v) is 13.7. The largest absolute Gasteiger partial charge is 0.487 e. The molecule has 0 aliphatic carbocycles. The van der Waals surface area contributed by atoms with Crippen molar-refractivity contribution in [3.8, 4) is 11.5 Å². The summed E-state index contributed by atoms with van der Waals surface area (Å²) in [5.74, 6) is 2.69. The van der Waals surface area contributed by atoms with E-state index in [0.29, 0.717) is 29.2 Å². The topological polar surface area (TPSA) is 35.5 Å². The van der Waals surface area contributed by atoms with Gasteiger partial charge in [-0.05, 0) is 87.8 Å². The lowest BCUT2D eigenvalue weighted by Gasteiger charge is -2.38. The summed E-state index contributed by atoms with van der Waals surface area (Å²) in [5, 5.41) is 0. The van der Waals surface area contributed by atoms with E-state index in [2.05, 4.69) is 34.6 Å². The molecule has 2 unspecified atom stereocenters. The Bertz CT molecular complexity index is 906. The summed E-state index contributed by atoms with van der Waals surface area (Å²) in [6.45, 7) is 14.2. The number of rotatable bonds is 13. The van der Waals surface area contributed by atoms with Crippen molar-refractivity contribution < 1.29 is 18.4 Å². The molecule has 0 radical (unpaired) electrons. The van der Waals surface area contributed by atoms with Crippen LogP contribution >= 0.6 is 0 Å². The van der Waals surface area contributed by atoms with Gasteiger partial charge in [0.15, 0.2) is 0 Å². The number of esters is 1. The second-order valence-electron chi connectivity index (χ2n) is 11.8. The smallest absolute Gasteiger partial charge is 0.308 e. The van der Waals surface area contributed by atoms with Crippen LogP contribution in [-0.2, 0) is 11.2 Å². The highest BCUT2D eigenvalue weighted by Crippen LogP contribution is 2.45. The normalized spacial score (nSPS) is 21.1. The molecular formula is C31H52O3. The molecule has 0 spiro atoms. The molecule has 0 saturated carbocycles. The first-order valence-electron chi connectivity index (χ1n) is 15.2. The number of fused-ring (bicyclic) bond motifs is 1. The first-order chi connectivity index (χ1) is 17.1. The fourth-order valence-electron chi connectivity index (χ4n) is 5.32. The maximum Gasteiger partial charge on any atom is 0.308 e. The van der Waals surface area contributed by atoms with Gasteiger partial charge in [-0.25, -0.2) is 0 Å². The fraction of sp³-hybridized carbons (Fsp3) is 0.774. The van der Waals surface area contributed by atoms with Gasteiger partial charge in [-0.15, -0.1) is 0 Å². The highest BCUT2D eigenvalue weighted by Gasteiger charge is 2.34. The lowest BCUT2D eigenvalue weighted by molar-refractivity contribution is -0.132. The summed E-state index contributed by atoms with van der Waals surface area (Å²) in [6.07, 6.45) is 12.6. The van der Waals surface area contributed by atoms with Crippen LogP contribution < -0.4 is 9.47 Å².